The molecule has 1 heterocycles. The van der Waals surface area contributed by atoms with Crippen molar-refractivity contribution < 1.29 is 37.3 Å². The highest BCUT2D eigenvalue weighted by molar-refractivity contribution is 8.04. The second-order valence-electron chi connectivity index (χ2n) is 9.31. The molecule has 1 amide bonds. The predicted octanol–water partition coefficient (Wildman–Crippen LogP) is 5.96. The lowest BCUT2D eigenvalue weighted by molar-refractivity contribution is -0.274. The zero-order chi connectivity index (χ0) is 26.7. The molecule has 196 valence electrons. The quantitative estimate of drug-likeness (QED) is 0.392. The largest absolute Gasteiger partial charge is 0.573 e. The van der Waals surface area contributed by atoms with E-state index in [9.17, 15) is 27.9 Å². The standard InChI is InChI=1S/C26H30F3NO5S/c1-5-18-13-16-9-12-19(23(31)30-22(24(32)33)25(3,4)6-2)20(21(16)36-18)34-14-15-7-10-17(11-8-15)35-26(27,28)29/h7-13,16,21-22H,5-6,14H2,1-4H3,(H,30,31)(H,32,33). The number of nitrogens with one attached hydrogen (secondary N) is 1. The maximum Gasteiger partial charge on any atom is 0.573 e. The first-order valence-corrected chi connectivity index (χ1v) is 12.5. The number of carboxylic acid groups (broad SMARTS) is 1. The zero-order valence-electron chi connectivity index (χ0n) is 20.5. The summed E-state index contributed by atoms with van der Waals surface area (Å²) in [6.45, 7) is 7.47. The van der Waals surface area contributed by atoms with Crippen LogP contribution in [0.1, 0.15) is 46.1 Å². The summed E-state index contributed by atoms with van der Waals surface area (Å²) < 4.78 is 47.3. The fourth-order valence-corrected chi connectivity index (χ4v) is 5.27. The van der Waals surface area contributed by atoms with E-state index in [0.717, 1.165) is 11.3 Å². The van der Waals surface area contributed by atoms with Gasteiger partial charge in [-0.1, -0.05) is 52.0 Å². The minimum Gasteiger partial charge on any atom is -0.491 e. The van der Waals surface area contributed by atoms with Gasteiger partial charge in [0.05, 0.1) is 10.8 Å². The molecular weight excluding hydrogens is 495 g/mol. The molecule has 0 spiro atoms. The van der Waals surface area contributed by atoms with Crippen LogP contribution in [0.15, 0.2) is 58.7 Å². The molecule has 3 unspecified atom stereocenters. The number of carboxylic acids is 1. The van der Waals surface area contributed by atoms with Crippen LogP contribution in [0.4, 0.5) is 13.2 Å². The van der Waals surface area contributed by atoms with Crippen LogP contribution in [0, 0.1) is 11.3 Å². The number of halogens is 3. The Kier molecular flexibility index (Phi) is 8.48. The summed E-state index contributed by atoms with van der Waals surface area (Å²) in [7, 11) is 0. The maximum atomic E-state index is 13.3. The highest BCUT2D eigenvalue weighted by Gasteiger charge is 2.39. The number of benzene rings is 1. The third-order valence-electron chi connectivity index (χ3n) is 6.37. The Morgan fingerprint density at radius 2 is 1.83 bits per heavy atom. The van der Waals surface area contributed by atoms with Crippen LogP contribution in [0.3, 0.4) is 0 Å². The number of carbonyl (C=O) groups excluding carboxylic acids is 1. The Hall–Kier alpha value is -2.88. The molecule has 2 N–H and O–H groups in total. The van der Waals surface area contributed by atoms with Crippen molar-refractivity contribution in [1.82, 2.24) is 5.32 Å². The highest BCUT2D eigenvalue weighted by Crippen LogP contribution is 2.46. The third-order valence-corrected chi connectivity index (χ3v) is 7.88. The molecule has 10 heteroatoms. The normalized spacial score (nSPS) is 20.5. The van der Waals surface area contributed by atoms with Crippen LogP contribution in [0.5, 0.6) is 5.75 Å². The van der Waals surface area contributed by atoms with Crippen LogP contribution in [0.25, 0.3) is 0 Å². The van der Waals surface area contributed by atoms with Gasteiger partial charge in [-0.15, -0.1) is 24.9 Å². The van der Waals surface area contributed by atoms with Gasteiger partial charge in [-0.05, 0) is 46.9 Å². The lowest BCUT2D eigenvalue weighted by Crippen LogP contribution is -2.50. The molecule has 0 radical (unpaired) electrons. The average Bonchev–Trinajstić information content (AvgIpc) is 3.24. The molecule has 0 bridgehead atoms. The molecule has 0 saturated carbocycles. The molecule has 0 fully saturated rings. The minimum atomic E-state index is -4.78. The summed E-state index contributed by atoms with van der Waals surface area (Å²) in [4.78, 5) is 26.4. The zero-order valence-corrected chi connectivity index (χ0v) is 21.3. The lowest BCUT2D eigenvalue weighted by Gasteiger charge is -2.32. The van der Waals surface area contributed by atoms with Gasteiger partial charge < -0.3 is 19.9 Å². The molecule has 0 saturated heterocycles. The first-order chi connectivity index (χ1) is 16.8. The summed E-state index contributed by atoms with van der Waals surface area (Å²) in [5, 5.41) is 12.2. The van der Waals surface area contributed by atoms with Gasteiger partial charge in [-0.3, -0.25) is 4.79 Å². The number of hydrogen-bond donors (Lipinski definition) is 2. The smallest absolute Gasteiger partial charge is 0.491 e. The van der Waals surface area contributed by atoms with Crippen molar-refractivity contribution in [3.05, 3.63) is 64.3 Å². The molecule has 1 aromatic carbocycles. The van der Waals surface area contributed by atoms with Crippen LogP contribution < -0.4 is 10.1 Å². The minimum absolute atomic E-state index is 0.0142. The number of hydrogen-bond acceptors (Lipinski definition) is 5. The number of thioether (sulfide) groups is 1. The summed E-state index contributed by atoms with van der Waals surface area (Å²) >= 11 is 1.59. The highest BCUT2D eigenvalue weighted by atomic mass is 32.2. The summed E-state index contributed by atoms with van der Waals surface area (Å²) in [6, 6.07) is 4.21. The Morgan fingerprint density at radius 1 is 1.17 bits per heavy atom. The van der Waals surface area contributed by atoms with Crippen LogP contribution >= 0.6 is 11.8 Å². The summed E-state index contributed by atoms with van der Waals surface area (Å²) in [6.07, 6.45) is 2.27. The van der Waals surface area contributed by atoms with Gasteiger partial charge in [0.25, 0.3) is 5.91 Å². The van der Waals surface area contributed by atoms with Gasteiger partial charge in [0.15, 0.2) is 0 Å². The van der Waals surface area contributed by atoms with E-state index in [2.05, 4.69) is 16.1 Å². The Labute approximate surface area is 212 Å². The van der Waals surface area contributed by atoms with Gasteiger partial charge in [0.1, 0.15) is 24.2 Å². The Balaban J connectivity index is 1.85. The van der Waals surface area contributed by atoms with Gasteiger partial charge in [0.2, 0.25) is 0 Å². The van der Waals surface area contributed by atoms with Crippen LogP contribution in [0.2, 0.25) is 0 Å². The van der Waals surface area contributed by atoms with Crippen LogP contribution in [-0.4, -0.2) is 34.6 Å². The molecule has 6 nitrogen and oxygen atoms in total. The fraction of sp³-hybridized carbons (Fsp3) is 0.462. The number of ether oxygens (including phenoxy) is 2. The molecule has 1 aromatic rings. The number of rotatable bonds is 10. The number of aliphatic carboxylic acids is 1. The Bertz CT molecular complexity index is 1080. The van der Waals surface area contributed by atoms with Crippen molar-refractivity contribution >= 4 is 23.6 Å². The average molecular weight is 526 g/mol. The van der Waals surface area contributed by atoms with Crippen molar-refractivity contribution in [2.24, 2.45) is 11.3 Å². The fourth-order valence-electron chi connectivity index (χ4n) is 3.91. The molecule has 1 aliphatic heterocycles. The topological polar surface area (TPSA) is 84.9 Å². The first kappa shape index (κ1) is 27.7. The van der Waals surface area contributed by atoms with E-state index in [0.29, 0.717) is 17.7 Å². The van der Waals surface area contributed by atoms with Crippen molar-refractivity contribution in [1.29, 1.82) is 0 Å². The third kappa shape index (κ3) is 6.66. The van der Waals surface area contributed by atoms with E-state index in [-0.39, 0.29) is 29.1 Å². The van der Waals surface area contributed by atoms with E-state index in [1.807, 2.05) is 19.9 Å². The number of fused-ring (bicyclic) bond motifs is 1. The van der Waals surface area contributed by atoms with Gasteiger partial charge in [-0.25, -0.2) is 4.79 Å². The van der Waals surface area contributed by atoms with Crippen molar-refractivity contribution in [3.63, 3.8) is 0 Å². The molecule has 2 aliphatic rings. The number of amides is 1. The molecule has 3 atom stereocenters. The Morgan fingerprint density at radius 3 is 2.39 bits per heavy atom. The van der Waals surface area contributed by atoms with Gasteiger partial charge >= 0.3 is 12.3 Å². The SMILES string of the molecule is CCC1=CC2C=CC(C(=O)NC(C(=O)O)C(C)(C)CC)=C(OCc3ccc(OC(F)(F)F)cc3)C2S1. The molecule has 1 aliphatic carbocycles. The van der Waals surface area contributed by atoms with E-state index < -0.39 is 29.7 Å². The van der Waals surface area contributed by atoms with E-state index >= 15 is 0 Å². The van der Waals surface area contributed by atoms with Gasteiger partial charge in [-0.2, -0.15) is 0 Å². The second-order valence-corrected chi connectivity index (χ2v) is 10.6. The number of carbonyl (C=O) groups is 2. The second kappa shape index (κ2) is 11.0. The van der Waals surface area contributed by atoms with Crippen molar-refractivity contribution in [3.8, 4) is 5.75 Å². The number of allylic oxidation sites excluding steroid dienone is 3. The van der Waals surface area contributed by atoms with E-state index in [4.69, 9.17) is 4.74 Å². The first-order valence-electron chi connectivity index (χ1n) is 11.7. The van der Waals surface area contributed by atoms with E-state index in [1.54, 1.807) is 31.7 Å². The lowest BCUT2D eigenvalue weighted by atomic mass is 9.81. The van der Waals surface area contributed by atoms with Gasteiger partial charge in [0, 0.05) is 5.92 Å². The van der Waals surface area contributed by atoms with Crippen molar-refractivity contribution in [2.75, 3.05) is 0 Å². The van der Waals surface area contributed by atoms with Crippen LogP contribution in [-0.2, 0) is 20.9 Å². The maximum absolute atomic E-state index is 13.3. The molecule has 0 aromatic heterocycles. The summed E-state index contributed by atoms with van der Waals surface area (Å²) in [5.41, 5.74) is 0.151. The van der Waals surface area contributed by atoms with Crippen molar-refractivity contribution in [2.45, 2.75) is 64.8 Å². The molecule has 36 heavy (non-hydrogen) atoms. The monoisotopic (exact) mass is 525 g/mol. The number of alkyl halides is 3. The molecule has 3 rings (SSSR count). The molecular formula is C26H30F3NO5S. The predicted molar refractivity (Wildman–Crippen MR) is 131 cm³/mol. The summed E-state index contributed by atoms with van der Waals surface area (Å²) in [5.74, 6) is -1.58. The van der Waals surface area contributed by atoms with E-state index in [1.165, 1.54) is 24.3 Å².